The summed E-state index contributed by atoms with van der Waals surface area (Å²) in [6.07, 6.45) is 7.17. The van der Waals surface area contributed by atoms with Crippen LogP contribution >= 0.6 is 15.9 Å². The fraction of sp³-hybridized carbons (Fsp3) is 0.571. The fourth-order valence-electron chi connectivity index (χ4n) is 3.90. The van der Waals surface area contributed by atoms with Gasteiger partial charge in [-0.3, -0.25) is 0 Å². The molecule has 0 atom stereocenters. The highest BCUT2D eigenvalue weighted by Gasteiger charge is 2.33. The molecule has 1 aromatic rings. The van der Waals surface area contributed by atoms with Crippen molar-refractivity contribution in [2.45, 2.75) is 59.0 Å². The smallest absolute Gasteiger partial charge is 0.338 e. The molecule has 0 amide bonds. The first kappa shape index (κ1) is 18.5. The largest absolute Gasteiger partial charge is 0.482 e. The van der Waals surface area contributed by atoms with Crippen molar-refractivity contribution in [3.63, 3.8) is 0 Å². The molecule has 3 rings (SSSR count). The van der Waals surface area contributed by atoms with E-state index in [-0.39, 0.29) is 11.6 Å². The van der Waals surface area contributed by atoms with E-state index < -0.39 is 0 Å². The normalized spacial score (nSPS) is 24.8. The second kappa shape index (κ2) is 7.14. The molecular formula is C21H27BrO3. The van der Waals surface area contributed by atoms with Crippen molar-refractivity contribution in [1.82, 2.24) is 0 Å². The maximum atomic E-state index is 12.2. The van der Waals surface area contributed by atoms with Crippen LogP contribution in [-0.2, 0) is 4.74 Å². The van der Waals surface area contributed by atoms with E-state index in [1.807, 2.05) is 13.0 Å². The first-order chi connectivity index (χ1) is 11.8. The number of benzene rings is 1. The Balaban J connectivity index is 2.04. The van der Waals surface area contributed by atoms with Gasteiger partial charge in [-0.25, -0.2) is 4.79 Å². The van der Waals surface area contributed by atoms with Crippen LogP contribution in [0.4, 0.5) is 0 Å². The fourth-order valence-corrected chi connectivity index (χ4v) is 4.44. The topological polar surface area (TPSA) is 35.5 Å². The van der Waals surface area contributed by atoms with Crippen LogP contribution in [-0.4, -0.2) is 18.2 Å². The molecule has 0 saturated heterocycles. The quantitative estimate of drug-likeness (QED) is 0.576. The van der Waals surface area contributed by atoms with Crippen molar-refractivity contribution in [2.24, 2.45) is 11.8 Å². The van der Waals surface area contributed by atoms with Gasteiger partial charge in [-0.05, 0) is 85.2 Å². The van der Waals surface area contributed by atoms with Gasteiger partial charge in [0.1, 0.15) is 11.4 Å². The molecule has 0 N–H and O–H groups in total. The Kier molecular flexibility index (Phi) is 5.29. The molecule has 4 heteroatoms. The van der Waals surface area contributed by atoms with Crippen LogP contribution < -0.4 is 4.74 Å². The first-order valence-electron chi connectivity index (χ1n) is 9.23. The molecule has 2 aliphatic rings. The van der Waals surface area contributed by atoms with Crippen LogP contribution in [0.15, 0.2) is 22.7 Å². The van der Waals surface area contributed by atoms with Gasteiger partial charge in [-0.1, -0.05) is 19.8 Å². The average molecular weight is 407 g/mol. The van der Waals surface area contributed by atoms with Crippen molar-refractivity contribution >= 4 is 27.5 Å². The molecule has 25 heavy (non-hydrogen) atoms. The van der Waals surface area contributed by atoms with Crippen LogP contribution in [0.1, 0.15) is 69.3 Å². The second-order valence-electron chi connectivity index (χ2n) is 7.82. The number of allylic oxidation sites excluding steroid dienone is 1. The summed E-state index contributed by atoms with van der Waals surface area (Å²) >= 11 is 3.61. The summed E-state index contributed by atoms with van der Waals surface area (Å²) in [7, 11) is 0. The van der Waals surface area contributed by atoms with Crippen molar-refractivity contribution in [1.29, 1.82) is 0 Å². The van der Waals surface area contributed by atoms with E-state index in [0.29, 0.717) is 18.1 Å². The third-order valence-electron chi connectivity index (χ3n) is 5.19. The van der Waals surface area contributed by atoms with E-state index in [0.717, 1.165) is 21.7 Å². The van der Waals surface area contributed by atoms with Crippen molar-refractivity contribution in [2.75, 3.05) is 6.61 Å². The molecule has 0 bridgehead atoms. The highest BCUT2D eigenvalue weighted by molar-refractivity contribution is 9.10. The van der Waals surface area contributed by atoms with Crippen LogP contribution in [0, 0.1) is 11.8 Å². The van der Waals surface area contributed by atoms with Crippen LogP contribution in [0.2, 0.25) is 0 Å². The Morgan fingerprint density at radius 1 is 1.28 bits per heavy atom. The van der Waals surface area contributed by atoms with Crippen molar-refractivity contribution < 1.29 is 14.3 Å². The molecule has 0 aromatic heterocycles. The Hall–Kier alpha value is -1.29. The number of carbonyl (C=O) groups is 1. The molecule has 0 radical (unpaired) electrons. The summed E-state index contributed by atoms with van der Waals surface area (Å²) in [5.41, 5.74) is 2.59. The van der Waals surface area contributed by atoms with Crippen molar-refractivity contribution in [3.05, 3.63) is 33.8 Å². The lowest BCUT2D eigenvalue weighted by Crippen LogP contribution is -2.31. The number of esters is 1. The number of carbonyl (C=O) groups excluding carboxylic acids is 1. The zero-order chi connectivity index (χ0) is 18.2. The van der Waals surface area contributed by atoms with Gasteiger partial charge < -0.3 is 9.47 Å². The molecule has 0 spiro atoms. The van der Waals surface area contributed by atoms with Gasteiger partial charge in [0.2, 0.25) is 0 Å². The van der Waals surface area contributed by atoms with Crippen molar-refractivity contribution in [3.8, 4) is 5.75 Å². The lowest BCUT2D eigenvalue weighted by molar-refractivity contribution is 0.0526. The molecule has 1 heterocycles. The lowest BCUT2D eigenvalue weighted by atomic mass is 9.75. The molecule has 1 aliphatic heterocycles. The van der Waals surface area contributed by atoms with Gasteiger partial charge >= 0.3 is 5.97 Å². The number of fused-ring (bicyclic) bond motifs is 1. The molecule has 1 fully saturated rings. The van der Waals surface area contributed by atoms with Gasteiger partial charge in [0.05, 0.1) is 16.6 Å². The average Bonchev–Trinajstić information content (AvgIpc) is 2.55. The molecule has 1 saturated carbocycles. The summed E-state index contributed by atoms with van der Waals surface area (Å²) in [6, 6.07) is 3.75. The Morgan fingerprint density at radius 3 is 2.60 bits per heavy atom. The van der Waals surface area contributed by atoms with Gasteiger partial charge in [-0.2, -0.15) is 0 Å². The Bertz CT molecular complexity index is 697. The maximum absolute atomic E-state index is 12.2. The van der Waals surface area contributed by atoms with E-state index in [2.05, 4.69) is 42.8 Å². The van der Waals surface area contributed by atoms with E-state index >= 15 is 0 Å². The highest BCUT2D eigenvalue weighted by atomic mass is 79.9. The summed E-state index contributed by atoms with van der Waals surface area (Å²) in [5, 5.41) is 0. The third kappa shape index (κ3) is 3.94. The standard InChI is InChI=1S/C21H27BrO3/c1-5-24-20(23)15-10-16-17(14-8-6-13(2)7-9-14)12-21(3,4)25-19(16)18(22)11-15/h10-14H,5-9H2,1-4H3. The minimum Gasteiger partial charge on any atom is -0.482 e. The van der Waals surface area contributed by atoms with Gasteiger partial charge in [0, 0.05) is 5.56 Å². The summed E-state index contributed by atoms with van der Waals surface area (Å²) < 4.78 is 12.2. The van der Waals surface area contributed by atoms with E-state index in [1.165, 1.54) is 31.3 Å². The minimum atomic E-state index is -0.348. The van der Waals surface area contributed by atoms with Crippen LogP contribution in [0.5, 0.6) is 5.75 Å². The molecule has 3 nitrogen and oxygen atoms in total. The van der Waals surface area contributed by atoms with Crippen LogP contribution in [0.3, 0.4) is 0 Å². The molecule has 136 valence electrons. The van der Waals surface area contributed by atoms with Crippen LogP contribution in [0.25, 0.3) is 5.57 Å². The van der Waals surface area contributed by atoms with E-state index in [9.17, 15) is 4.79 Å². The number of hydrogen-bond acceptors (Lipinski definition) is 3. The molecule has 0 unspecified atom stereocenters. The monoisotopic (exact) mass is 406 g/mol. The first-order valence-corrected chi connectivity index (χ1v) is 10.0. The van der Waals surface area contributed by atoms with Gasteiger partial charge in [-0.15, -0.1) is 0 Å². The third-order valence-corrected chi connectivity index (χ3v) is 5.78. The lowest BCUT2D eigenvalue weighted by Gasteiger charge is -2.37. The number of hydrogen-bond donors (Lipinski definition) is 0. The van der Waals surface area contributed by atoms with Gasteiger partial charge in [0.25, 0.3) is 0 Å². The highest BCUT2D eigenvalue weighted by Crippen LogP contribution is 2.47. The number of ether oxygens (including phenoxy) is 2. The molecule has 1 aromatic carbocycles. The zero-order valence-electron chi connectivity index (χ0n) is 15.5. The summed E-state index contributed by atoms with van der Waals surface area (Å²) in [6.45, 7) is 8.72. The zero-order valence-corrected chi connectivity index (χ0v) is 17.1. The second-order valence-corrected chi connectivity index (χ2v) is 8.67. The SMILES string of the molecule is CCOC(=O)c1cc(Br)c2c(c1)C(C1CCC(C)CC1)=CC(C)(C)O2. The summed E-state index contributed by atoms with van der Waals surface area (Å²) in [5.74, 6) is 1.89. The predicted octanol–water partition coefficient (Wildman–Crippen LogP) is 6.01. The van der Waals surface area contributed by atoms with E-state index in [1.54, 1.807) is 6.07 Å². The maximum Gasteiger partial charge on any atom is 0.338 e. The Labute approximate surface area is 158 Å². The number of halogens is 1. The summed E-state index contributed by atoms with van der Waals surface area (Å²) in [4.78, 5) is 12.2. The molecular weight excluding hydrogens is 380 g/mol. The minimum absolute atomic E-state index is 0.285. The van der Waals surface area contributed by atoms with Gasteiger partial charge in [0.15, 0.2) is 0 Å². The molecule has 1 aliphatic carbocycles. The van der Waals surface area contributed by atoms with E-state index in [4.69, 9.17) is 9.47 Å². The Morgan fingerprint density at radius 2 is 1.96 bits per heavy atom. The number of rotatable bonds is 3. The predicted molar refractivity (Wildman–Crippen MR) is 104 cm³/mol.